The molecule has 0 unspecified atom stereocenters. The molecular weight excluding hydrogens is 490 g/mol. The maximum atomic E-state index is 14.1. The fourth-order valence-electron chi connectivity index (χ4n) is 6.11. The lowest BCUT2D eigenvalue weighted by Crippen LogP contribution is -2.52. The molecule has 7 rings (SSSR count). The van der Waals surface area contributed by atoms with Crippen molar-refractivity contribution >= 4 is 23.4 Å². The van der Waals surface area contributed by atoms with Gasteiger partial charge in [0.2, 0.25) is 5.91 Å². The number of hydrogen-bond acceptors (Lipinski definition) is 5. The Bertz CT molecular complexity index is 1570. The molecule has 0 radical (unpaired) electrons. The highest BCUT2D eigenvalue weighted by molar-refractivity contribution is 6.25. The van der Waals surface area contributed by atoms with Crippen LogP contribution in [0.3, 0.4) is 0 Å². The van der Waals surface area contributed by atoms with Gasteiger partial charge in [-0.2, -0.15) is 0 Å². The molecular formula is C32H25N3O4. The second-order valence-corrected chi connectivity index (χ2v) is 9.96. The molecule has 2 saturated heterocycles. The number of anilines is 1. The van der Waals surface area contributed by atoms with E-state index in [2.05, 4.69) is 6.07 Å². The Kier molecular flexibility index (Phi) is 5.52. The number of hydrogen-bond donors (Lipinski definition) is 0. The topological polar surface area (TPSA) is 70.2 Å². The van der Waals surface area contributed by atoms with Crippen molar-refractivity contribution in [2.45, 2.75) is 18.5 Å². The lowest BCUT2D eigenvalue weighted by Gasteiger charge is -2.39. The lowest BCUT2D eigenvalue weighted by molar-refractivity contribution is -0.126. The van der Waals surface area contributed by atoms with Crippen LogP contribution in [0.5, 0.6) is 11.5 Å². The third-order valence-corrected chi connectivity index (χ3v) is 7.81. The quantitative estimate of drug-likeness (QED) is 0.358. The lowest BCUT2D eigenvalue weighted by atomic mass is 9.85. The molecule has 3 heterocycles. The summed E-state index contributed by atoms with van der Waals surface area (Å²) in [5, 5.41) is 3.49. The molecule has 3 atom stereocenters. The van der Waals surface area contributed by atoms with Gasteiger partial charge in [-0.15, -0.1) is 0 Å². The van der Waals surface area contributed by atoms with Gasteiger partial charge in [-0.1, -0.05) is 60.7 Å². The molecule has 7 heteroatoms. The predicted octanol–water partition coefficient (Wildman–Crippen LogP) is 5.01. The van der Waals surface area contributed by atoms with Crippen LogP contribution in [0.4, 0.5) is 5.69 Å². The molecule has 4 aromatic carbocycles. The summed E-state index contributed by atoms with van der Waals surface area (Å²) in [6.45, 7) is 0.555. The first-order valence-electron chi connectivity index (χ1n) is 13.1. The highest BCUT2D eigenvalue weighted by Gasteiger charge is 2.64. The van der Waals surface area contributed by atoms with E-state index in [4.69, 9.17) is 4.74 Å². The van der Waals surface area contributed by atoms with Crippen molar-refractivity contribution in [3.63, 3.8) is 0 Å². The zero-order valence-corrected chi connectivity index (χ0v) is 21.0. The third-order valence-electron chi connectivity index (χ3n) is 7.81. The fraction of sp³-hybridized carbons (Fsp3) is 0.156. The summed E-state index contributed by atoms with van der Waals surface area (Å²) in [6, 6.07) is 31.9. The maximum Gasteiger partial charge on any atom is 0.268 e. The Balaban J connectivity index is 1.26. The highest BCUT2D eigenvalue weighted by Crippen LogP contribution is 2.50. The molecule has 3 aliphatic rings. The third kappa shape index (κ3) is 3.73. The van der Waals surface area contributed by atoms with Crippen molar-refractivity contribution in [3.05, 3.63) is 126 Å². The molecule has 0 N–H and O–H groups in total. The molecule has 0 spiro atoms. The van der Waals surface area contributed by atoms with Crippen LogP contribution in [0.2, 0.25) is 0 Å². The van der Waals surface area contributed by atoms with Crippen LogP contribution in [-0.2, 0) is 16.0 Å². The molecule has 4 aromatic rings. The fourth-order valence-corrected chi connectivity index (χ4v) is 6.11. The van der Waals surface area contributed by atoms with Crippen LogP contribution in [-0.4, -0.2) is 40.3 Å². The maximum absolute atomic E-state index is 14.1. The van der Waals surface area contributed by atoms with E-state index in [0.717, 1.165) is 17.5 Å². The summed E-state index contributed by atoms with van der Waals surface area (Å²) in [4.78, 5) is 43.2. The van der Waals surface area contributed by atoms with Crippen molar-refractivity contribution in [1.29, 1.82) is 0 Å². The van der Waals surface area contributed by atoms with E-state index >= 15 is 0 Å². The molecule has 39 heavy (non-hydrogen) atoms. The van der Waals surface area contributed by atoms with E-state index in [9.17, 15) is 14.4 Å². The summed E-state index contributed by atoms with van der Waals surface area (Å²) >= 11 is 0. The average Bonchev–Trinajstić information content (AvgIpc) is 3.46. The minimum atomic E-state index is -0.915. The van der Waals surface area contributed by atoms with Crippen LogP contribution in [0, 0.1) is 5.92 Å². The van der Waals surface area contributed by atoms with Gasteiger partial charge in [0.25, 0.3) is 11.8 Å². The largest absolute Gasteiger partial charge is 0.457 e. The Hall–Kier alpha value is -4.75. The van der Waals surface area contributed by atoms with Gasteiger partial charge in [-0.3, -0.25) is 19.4 Å². The van der Waals surface area contributed by atoms with E-state index in [0.29, 0.717) is 29.3 Å². The van der Waals surface area contributed by atoms with Gasteiger partial charge in [-0.05, 0) is 66.1 Å². The van der Waals surface area contributed by atoms with E-state index in [1.807, 2.05) is 59.6 Å². The number of benzene rings is 4. The Morgan fingerprint density at radius 1 is 0.692 bits per heavy atom. The Morgan fingerprint density at radius 2 is 1.33 bits per heavy atom. The predicted molar refractivity (Wildman–Crippen MR) is 145 cm³/mol. The molecule has 0 bridgehead atoms. The minimum Gasteiger partial charge on any atom is -0.457 e. The summed E-state index contributed by atoms with van der Waals surface area (Å²) in [5.74, 6) is -0.375. The molecule has 2 fully saturated rings. The zero-order chi connectivity index (χ0) is 26.5. The normalized spacial score (nSPS) is 21.9. The van der Waals surface area contributed by atoms with E-state index in [1.165, 1.54) is 4.90 Å². The van der Waals surface area contributed by atoms with Gasteiger partial charge < -0.3 is 4.74 Å². The van der Waals surface area contributed by atoms with Gasteiger partial charge in [0, 0.05) is 12.1 Å². The van der Waals surface area contributed by atoms with Crippen LogP contribution in [0.1, 0.15) is 27.5 Å². The van der Waals surface area contributed by atoms with Crippen LogP contribution in [0.15, 0.2) is 109 Å². The van der Waals surface area contributed by atoms with Gasteiger partial charge in [0.1, 0.15) is 17.5 Å². The van der Waals surface area contributed by atoms with Gasteiger partial charge in [-0.25, -0.2) is 9.91 Å². The molecule has 0 aromatic heterocycles. The monoisotopic (exact) mass is 515 g/mol. The number of fused-ring (bicyclic) bond motifs is 5. The van der Waals surface area contributed by atoms with Gasteiger partial charge >= 0.3 is 0 Å². The second-order valence-electron chi connectivity index (χ2n) is 9.96. The van der Waals surface area contributed by atoms with E-state index in [1.54, 1.807) is 53.5 Å². The molecule has 0 saturated carbocycles. The SMILES string of the molecule is O=C1[C@H]2[C@@H](C(=O)N1c1ccc(Oc3ccccc3)cc1)N(C(=O)c1ccccc1)N1CCc3ccccc3[C@@H]21. The summed E-state index contributed by atoms with van der Waals surface area (Å²) in [7, 11) is 0. The highest BCUT2D eigenvalue weighted by atomic mass is 16.5. The van der Waals surface area contributed by atoms with Crippen LogP contribution >= 0.6 is 0 Å². The van der Waals surface area contributed by atoms with E-state index in [-0.39, 0.29) is 11.8 Å². The number of carbonyl (C=O) groups is 3. The molecule has 0 aliphatic carbocycles. The summed E-state index contributed by atoms with van der Waals surface area (Å²) < 4.78 is 5.88. The van der Waals surface area contributed by atoms with Crippen molar-refractivity contribution in [2.75, 3.05) is 11.4 Å². The summed E-state index contributed by atoms with van der Waals surface area (Å²) in [6.07, 6.45) is 0.736. The van der Waals surface area contributed by atoms with Crippen molar-refractivity contribution < 1.29 is 19.1 Å². The number of ether oxygens (including phenoxy) is 1. The first-order valence-corrected chi connectivity index (χ1v) is 13.1. The molecule has 3 amide bonds. The van der Waals surface area contributed by atoms with Gasteiger partial charge in [0.05, 0.1) is 17.6 Å². The first kappa shape index (κ1) is 23.4. The molecule has 192 valence electrons. The number of rotatable bonds is 4. The van der Waals surface area contributed by atoms with Crippen molar-refractivity contribution in [1.82, 2.24) is 10.0 Å². The number of amides is 3. The first-order chi connectivity index (χ1) is 19.1. The Morgan fingerprint density at radius 3 is 2.08 bits per heavy atom. The number of carbonyl (C=O) groups excluding carboxylic acids is 3. The molecule has 7 nitrogen and oxygen atoms in total. The number of para-hydroxylation sites is 1. The second kappa shape index (κ2) is 9.22. The smallest absolute Gasteiger partial charge is 0.268 e. The average molecular weight is 516 g/mol. The molecule has 3 aliphatic heterocycles. The van der Waals surface area contributed by atoms with Crippen LogP contribution < -0.4 is 9.64 Å². The number of hydrazine groups is 1. The number of imide groups is 1. The zero-order valence-electron chi connectivity index (χ0n) is 21.0. The van der Waals surface area contributed by atoms with E-state index < -0.39 is 23.9 Å². The van der Waals surface area contributed by atoms with Crippen LogP contribution in [0.25, 0.3) is 0 Å². The number of nitrogens with zero attached hydrogens (tertiary/aromatic N) is 3. The van der Waals surface area contributed by atoms with Gasteiger partial charge in [0.15, 0.2) is 0 Å². The van der Waals surface area contributed by atoms with Crippen molar-refractivity contribution in [2.24, 2.45) is 5.92 Å². The van der Waals surface area contributed by atoms with Crippen molar-refractivity contribution in [3.8, 4) is 11.5 Å². The minimum absolute atomic E-state index is 0.276. The summed E-state index contributed by atoms with van der Waals surface area (Å²) in [5.41, 5.74) is 3.09. The standard InChI is InChI=1S/C32H25N3O4/c36-30(22-10-3-1-4-11-22)35-29-27(28-26-14-8-7-9-21(26)19-20-33(28)35)31(37)34(32(29)38)23-15-17-25(18-16-23)39-24-12-5-2-6-13-24/h1-18,27-29H,19-20H2/t27-,28+,29+/m1/s1. The Labute approximate surface area is 225 Å².